The zero-order chi connectivity index (χ0) is 14.0. The van der Waals surface area contributed by atoms with Crippen molar-refractivity contribution in [2.45, 2.75) is 38.8 Å². The standard InChI is InChI=1S/C15H21FN2O/c1-10-4-7-14(16)13(8-10)15(19)17-9-11(2)18(3)12-5-6-12/h4,7-8,11-12H,5-6,9H2,1-3H3,(H,17,19). The number of aryl methyl sites for hydroxylation is 1. The lowest BCUT2D eigenvalue weighted by Crippen LogP contribution is -2.41. The van der Waals surface area contributed by atoms with E-state index in [9.17, 15) is 9.18 Å². The molecule has 1 aliphatic rings. The second-order valence-electron chi connectivity index (χ2n) is 5.44. The Morgan fingerprint density at radius 1 is 1.53 bits per heavy atom. The lowest BCUT2D eigenvalue weighted by molar-refractivity contribution is 0.0935. The fraction of sp³-hybridized carbons (Fsp3) is 0.533. The molecule has 1 atom stereocenters. The van der Waals surface area contributed by atoms with Gasteiger partial charge in [0.15, 0.2) is 0 Å². The van der Waals surface area contributed by atoms with Crippen LogP contribution in [0.3, 0.4) is 0 Å². The third-order valence-corrected chi connectivity index (χ3v) is 3.74. The average molecular weight is 264 g/mol. The third-order valence-electron chi connectivity index (χ3n) is 3.74. The molecule has 1 amide bonds. The first-order chi connectivity index (χ1) is 8.99. The molecule has 0 aromatic heterocycles. The first kappa shape index (κ1) is 14.0. The van der Waals surface area contributed by atoms with Gasteiger partial charge in [0.25, 0.3) is 5.91 Å². The number of nitrogens with one attached hydrogen (secondary N) is 1. The smallest absolute Gasteiger partial charge is 0.254 e. The second kappa shape index (κ2) is 5.70. The Balaban J connectivity index is 1.91. The van der Waals surface area contributed by atoms with E-state index < -0.39 is 5.82 Å². The van der Waals surface area contributed by atoms with Gasteiger partial charge in [-0.15, -0.1) is 0 Å². The van der Waals surface area contributed by atoms with Crippen LogP contribution in [0.1, 0.15) is 35.7 Å². The maximum atomic E-state index is 13.6. The fourth-order valence-electron chi connectivity index (χ4n) is 2.13. The summed E-state index contributed by atoms with van der Waals surface area (Å²) in [6.07, 6.45) is 2.47. The van der Waals surface area contributed by atoms with Crippen molar-refractivity contribution in [2.24, 2.45) is 0 Å². The Morgan fingerprint density at radius 3 is 2.84 bits per heavy atom. The van der Waals surface area contributed by atoms with E-state index in [4.69, 9.17) is 0 Å². The van der Waals surface area contributed by atoms with Crippen molar-refractivity contribution in [3.05, 3.63) is 35.1 Å². The number of amides is 1. The molecule has 1 unspecified atom stereocenters. The summed E-state index contributed by atoms with van der Waals surface area (Å²) in [5.74, 6) is -0.802. The van der Waals surface area contributed by atoms with Crippen molar-refractivity contribution in [1.82, 2.24) is 10.2 Å². The van der Waals surface area contributed by atoms with E-state index in [0.717, 1.165) is 5.56 Å². The van der Waals surface area contributed by atoms with Crippen LogP contribution in [0, 0.1) is 12.7 Å². The van der Waals surface area contributed by atoms with Crippen molar-refractivity contribution in [3.63, 3.8) is 0 Å². The zero-order valence-corrected chi connectivity index (χ0v) is 11.7. The molecule has 1 fully saturated rings. The van der Waals surface area contributed by atoms with E-state index >= 15 is 0 Å². The van der Waals surface area contributed by atoms with Crippen LogP contribution >= 0.6 is 0 Å². The van der Waals surface area contributed by atoms with Gasteiger partial charge in [0, 0.05) is 18.6 Å². The molecule has 1 saturated carbocycles. The number of carbonyl (C=O) groups excluding carboxylic acids is 1. The summed E-state index contributed by atoms with van der Waals surface area (Å²) in [6.45, 7) is 4.46. The highest BCUT2D eigenvalue weighted by Crippen LogP contribution is 2.26. The van der Waals surface area contributed by atoms with Crippen LogP contribution in [0.15, 0.2) is 18.2 Å². The number of hydrogen-bond donors (Lipinski definition) is 1. The van der Waals surface area contributed by atoms with Gasteiger partial charge < -0.3 is 5.32 Å². The van der Waals surface area contributed by atoms with Gasteiger partial charge in [0.1, 0.15) is 5.82 Å². The van der Waals surface area contributed by atoms with E-state index in [1.54, 1.807) is 12.1 Å². The number of benzene rings is 1. The van der Waals surface area contributed by atoms with Crippen LogP contribution in [0.4, 0.5) is 4.39 Å². The molecule has 1 aromatic carbocycles. The molecular formula is C15H21FN2O. The maximum absolute atomic E-state index is 13.6. The van der Waals surface area contributed by atoms with E-state index in [1.807, 2.05) is 6.92 Å². The van der Waals surface area contributed by atoms with Gasteiger partial charge in [0.2, 0.25) is 0 Å². The average Bonchev–Trinajstić information content (AvgIpc) is 3.21. The van der Waals surface area contributed by atoms with Gasteiger partial charge in [-0.1, -0.05) is 11.6 Å². The number of likely N-dealkylation sites (N-methyl/N-ethyl adjacent to an activating group) is 1. The molecule has 0 aliphatic heterocycles. The van der Waals surface area contributed by atoms with Gasteiger partial charge >= 0.3 is 0 Å². The molecule has 1 aliphatic carbocycles. The summed E-state index contributed by atoms with van der Waals surface area (Å²) < 4.78 is 13.6. The van der Waals surface area contributed by atoms with Crippen LogP contribution in [-0.4, -0.2) is 36.5 Å². The first-order valence-corrected chi connectivity index (χ1v) is 6.75. The molecule has 1 aromatic rings. The van der Waals surface area contributed by atoms with Crippen molar-refractivity contribution in [2.75, 3.05) is 13.6 Å². The van der Waals surface area contributed by atoms with Crippen LogP contribution in [-0.2, 0) is 0 Å². The Labute approximate surface area is 113 Å². The number of nitrogens with zero attached hydrogens (tertiary/aromatic N) is 1. The van der Waals surface area contributed by atoms with Gasteiger partial charge in [0.05, 0.1) is 5.56 Å². The second-order valence-corrected chi connectivity index (χ2v) is 5.44. The minimum absolute atomic E-state index is 0.126. The van der Waals surface area contributed by atoms with Crippen molar-refractivity contribution in [1.29, 1.82) is 0 Å². The van der Waals surface area contributed by atoms with E-state index in [0.29, 0.717) is 12.6 Å². The molecule has 0 heterocycles. The number of carbonyl (C=O) groups is 1. The number of halogens is 1. The Bertz CT molecular complexity index is 471. The molecular weight excluding hydrogens is 243 g/mol. The summed E-state index contributed by atoms with van der Waals surface area (Å²) in [5.41, 5.74) is 1.01. The largest absolute Gasteiger partial charge is 0.350 e. The summed E-state index contributed by atoms with van der Waals surface area (Å²) in [4.78, 5) is 14.2. The Kier molecular flexibility index (Phi) is 4.20. The van der Waals surface area contributed by atoms with Crippen LogP contribution in [0.2, 0.25) is 0 Å². The van der Waals surface area contributed by atoms with Gasteiger partial charge in [-0.05, 0) is 45.9 Å². The molecule has 0 saturated heterocycles. The molecule has 104 valence electrons. The Hall–Kier alpha value is -1.42. The molecule has 0 bridgehead atoms. The van der Waals surface area contributed by atoms with Crippen LogP contribution in [0.25, 0.3) is 0 Å². The zero-order valence-electron chi connectivity index (χ0n) is 11.7. The van der Waals surface area contributed by atoms with Crippen molar-refractivity contribution < 1.29 is 9.18 Å². The minimum Gasteiger partial charge on any atom is -0.350 e. The van der Waals surface area contributed by atoms with Crippen LogP contribution in [0.5, 0.6) is 0 Å². The number of hydrogen-bond acceptors (Lipinski definition) is 2. The summed E-state index contributed by atoms with van der Waals surface area (Å²) in [6, 6.07) is 5.51. The third kappa shape index (κ3) is 3.53. The molecule has 3 nitrogen and oxygen atoms in total. The maximum Gasteiger partial charge on any atom is 0.254 e. The summed E-state index contributed by atoms with van der Waals surface area (Å²) >= 11 is 0. The molecule has 2 rings (SSSR count). The molecule has 4 heteroatoms. The fourth-order valence-corrected chi connectivity index (χ4v) is 2.13. The predicted molar refractivity (Wildman–Crippen MR) is 73.7 cm³/mol. The number of rotatable bonds is 5. The normalized spacial score (nSPS) is 16.5. The van der Waals surface area contributed by atoms with Gasteiger partial charge in [-0.25, -0.2) is 4.39 Å². The first-order valence-electron chi connectivity index (χ1n) is 6.75. The highest BCUT2D eigenvalue weighted by atomic mass is 19.1. The summed E-state index contributed by atoms with van der Waals surface area (Å²) in [7, 11) is 2.07. The molecule has 19 heavy (non-hydrogen) atoms. The summed E-state index contributed by atoms with van der Waals surface area (Å²) in [5, 5.41) is 2.81. The Morgan fingerprint density at radius 2 is 2.21 bits per heavy atom. The predicted octanol–water partition coefficient (Wildman–Crippen LogP) is 2.35. The monoisotopic (exact) mass is 264 g/mol. The minimum atomic E-state index is -0.466. The lowest BCUT2D eigenvalue weighted by atomic mass is 10.1. The molecule has 0 radical (unpaired) electrons. The quantitative estimate of drug-likeness (QED) is 0.885. The molecule has 0 spiro atoms. The lowest BCUT2D eigenvalue weighted by Gasteiger charge is -2.24. The van der Waals surface area contributed by atoms with Crippen LogP contribution < -0.4 is 5.32 Å². The van der Waals surface area contributed by atoms with E-state index in [-0.39, 0.29) is 17.5 Å². The molecule has 1 N–H and O–H groups in total. The van der Waals surface area contributed by atoms with Gasteiger partial charge in [-0.2, -0.15) is 0 Å². The van der Waals surface area contributed by atoms with E-state index in [2.05, 4.69) is 24.2 Å². The highest BCUT2D eigenvalue weighted by Gasteiger charge is 2.29. The SMILES string of the molecule is Cc1ccc(F)c(C(=O)NCC(C)N(C)C2CC2)c1. The van der Waals surface area contributed by atoms with E-state index in [1.165, 1.54) is 18.9 Å². The topological polar surface area (TPSA) is 32.3 Å². The van der Waals surface area contributed by atoms with Crippen molar-refractivity contribution in [3.8, 4) is 0 Å². The van der Waals surface area contributed by atoms with Gasteiger partial charge in [-0.3, -0.25) is 9.69 Å². The highest BCUT2D eigenvalue weighted by molar-refractivity contribution is 5.94. The van der Waals surface area contributed by atoms with Crippen molar-refractivity contribution >= 4 is 5.91 Å².